The summed E-state index contributed by atoms with van der Waals surface area (Å²) >= 11 is 1.20. The molecule has 0 saturated carbocycles. The zero-order valence-electron chi connectivity index (χ0n) is 26.3. The van der Waals surface area contributed by atoms with E-state index < -0.39 is 32.0 Å². The summed E-state index contributed by atoms with van der Waals surface area (Å²) in [6.45, 7) is 4.64. The standard InChI is InChI=1S/C34H40F4N3O3PS/c1-43-31-18-24(45(2,3)42)11-12-29(31)39-14-5-8-32-26(19-34(36,37)38)25-6-4-7-30(33(25)46-32)40-28-13-15-41(20-27(28)35)21-16-22-9-10-23(17-21)44-22/h4,6-7,11-12,18,21-23,27-28,39-40H,9-10,13-17,19-20H2,1-3H3/t21?,22?,23?,27-,28+/m1/s1. The van der Waals surface area contributed by atoms with Gasteiger partial charge in [0.25, 0.3) is 0 Å². The van der Waals surface area contributed by atoms with E-state index in [2.05, 4.69) is 27.4 Å². The van der Waals surface area contributed by atoms with Gasteiger partial charge in [0, 0.05) is 24.4 Å². The van der Waals surface area contributed by atoms with E-state index in [4.69, 9.17) is 9.47 Å². The van der Waals surface area contributed by atoms with Crippen LogP contribution >= 0.6 is 18.5 Å². The first kappa shape index (κ1) is 33.1. The maximum Gasteiger partial charge on any atom is 0.393 e. The highest BCUT2D eigenvalue weighted by Crippen LogP contribution is 2.41. The van der Waals surface area contributed by atoms with E-state index >= 15 is 4.39 Å². The maximum absolute atomic E-state index is 15.6. The van der Waals surface area contributed by atoms with Gasteiger partial charge in [0.15, 0.2) is 0 Å². The maximum atomic E-state index is 15.6. The fraction of sp³-hybridized carbons (Fsp3) is 0.529. The third-order valence-corrected chi connectivity index (χ3v) is 12.0. The number of fused-ring (bicyclic) bond motifs is 3. The van der Waals surface area contributed by atoms with E-state index in [-0.39, 0.29) is 12.1 Å². The van der Waals surface area contributed by atoms with Gasteiger partial charge < -0.3 is 24.7 Å². The molecule has 0 radical (unpaired) electrons. The number of nitrogens with zero attached hydrogens (tertiary/aromatic N) is 1. The van der Waals surface area contributed by atoms with Gasteiger partial charge in [0.1, 0.15) is 19.1 Å². The third-order valence-electron chi connectivity index (χ3n) is 9.27. The van der Waals surface area contributed by atoms with Gasteiger partial charge in [-0.1, -0.05) is 24.0 Å². The molecule has 3 aliphatic rings. The van der Waals surface area contributed by atoms with Crippen molar-refractivity contribution < 1.29 is 31.6 Å². The second kappa shape index (κ2) is 13.4. The lowest BCUT2D eigenvalue weighted by Crippen LogP contribution is -2.53. The molecule has 248 valence electrons. The van der Waals surface area contributed by atoms with Crippen LogP contribution in [0.3, 0.4) is 0 Å². The number of anilines is 2. The van der Waals surface area contributed by atoms with Crippen LogP contribution in [0.15, 0.2) is 36.4 Å². The van der Waals surface area contributed by atoms with Crippen molar-refractivity contribution in [2.45, 2.75) is 75.2 Å². The molecule has 3 aromatic rings. The van der Waals surface area contributed by atoms with Crippen molar-refractivity contribution in [1.82, 2.24) is 4.90 Å². The molecule has 2 N–H and O–H groups in total. The Morgan fingerprint density at radius 3 is 2.54 bits per heavy atom. The monoisotopic (exact) mass is 677 g/mol. The second-order valence-electron chi connectivity index (χ2n) is 12.9. The Kier molecular flexibility index (Phi) is 9.65. The zero-order chi connectivity index (χ0) is 32.6. The van der Waals surface area contributed by atoms with Crippen LogP contribution in [0.5, 0.6) is 5.75 Å². The fourth-order valence-electron chi connectivity index (χ4n) is 6.94. The first-order valence-corrected chi connectivity index (χ1v) is 19.2. The highest BCUT2D eigenvalue weighted by molar-refractivity contribution is 7.70. The number of hydrogen-bond acceptors (Lipinski definition) is 7. The summed E-state index contributed by atoms with van der Waals surface area (Å²) in [5, 5.41) is 7.67. The number of alkyl halides is 4. The van der Waals surface area contributed by atoms with Gasteiger partial charge in [-0.25, -0.2) is 4.39 Å². The minimum atomic E-state index is -4.42. The average Bonchev–Trinajstić information content (AvgIpc) is 3.53. The smallest absolute Gasteiger partial charge is 0.393 e. The molecule has 0 amide bonds. The van der Waals surface area contributed by atoms with Crippen molar-refractivity contribution in [2.24, 2.45) is 0 Å². The lowest BCUT2D eigenvalue weighted by atomic mass is 9.96. The van der Waals surface area contributed by atoms with Crippen LogP contribution in [-0.4, -0.2) is 81.6 Å². The Balaban J connectivity index is 1.18. The van der Waals surface area contributed by atoms with E-state index in [0.29, 0.717) is 68.6 Å². The summed E-state index contributed by atoms with van der Waals surface area (Å²) < 4.78 is 81.3. The summed E-state index contributed by atoms with van der Waals surface area (Å²) in [4.78, 5) is 2.60. The normalized spacial score (nSPS) is 25.2. The molecule has 1 aromatic heterocycles. The number of hydrogen-bond donors (Lipinski definition) is 2. The number of methoxy groups -OCH3 is 1. The van der Waals surface area contributed by atoms with E-state index in [9.17, 15) is 17.7 Å². The van der Waals surface area contributed by atoms with Gasteiger partial charge in [-0.15, -0.1) is 11.3 Å². The van der Waals surface area contributed by atoms with Crippen LogP contribution in [0.4, 0.5) is 28.9 Å². The largest absolute Gasteiger partial charge is 0.495 e. The Labute approximate surface area is 271 Å². The van der Waals surface area contributed by atoms with Gasteiger partial charge >= 0.3 is 6.18 Å². The van der Waals surface area contributed by atoms with Crippen molar-refractivity contribution in [3.63, 3.8) is 0 Å². The highest BCUT2D eigenvalue weighted by atomic mass is 32.1. The predicted molar refractivity (Wildman–Crippen MR) is 178 cm³/mol. The molecule has 0 spiro atoms. The molecule has 46 heavy (non-hydrogen) atoms. The van der Waals surface area contributed by atoms with Crippen LogP contribution < -0.4 is 20.7 Å². The third kappa shape index (κ3) is 7.52. The topological polar surface area (TPSA) is 62.8 Å². The van der Waals surface area contributed by atoms with Gasteiger partial charge in [-0.05, 0) is 80.6 Å². The van der Waals surface area contributed by atoms with Gasteiger partial charge in [-0.3, -0.25) is 4.90 Å². The lowest BCUT2D eigenvalue weighted by molar-refractivity contribution is -0.126. The number of rotatable bonds is 8. The molecule has 6 rings (SSSR count). The highest BCUT2D eigenvalue weighted by Gasteiger charge is 2.40. The van der Waals surface area contributed by atoms with Crippen molar-refractivity contribution >= 4 is 45.2 Å². The van der Waals surface area contributed by atoms with Crippen molar-refractivity contribution in [2.75, 3.05) is 50.7 Å². The summed E-state index contributed by atoms with van der Waals surface area (Å²) in [5.41, 5.74) is 1.41. The fourth-order valence-corrected chi connectivity index (χ4v) is 8.97. The minimum Gasteiger partial charge on any atom is -0.495 e. The van der Waals surface area contributed by atoms with Crippen molar-refractivity contribution in [1.29, 1.82) is 0 Å². The number of halogens is 4. The van der Waals surface area contributed by atoms with Crippen LogP contribution in [0, 0.1) is 11.8 Å². The molecule has 6 nitrogen and oxygen atoms in total. The first-order valence-electron chi connectivity index (χ1n) is 15.8. The Hall–Kier alpha value is -2.77. The van der Waals surface area contributed by atoms with Crippen molar-refractivity contribution in [3.05, 3.63) is 46.8 Å². The first-order chi connectivity index (χ1) is 21.9. The summed E-state index contributed by atoms with van der Waals surface area (Å²) in [6, 6.07) is 10.4. The molecule has 2 aromatic carbocycles. The number of ether oxygens (including phenoxy) is 2. The minimum absolute atomic E-state index is 0.132. The molecule has 3 aliphatic heterocycles. The molecule has 4 heterocycles. The molecule has 12 heteroatoms. The molecule has 2 unspecified atom stereocenters. The number of thiophene rings is 1. The van der Waals surface area contributed by atoms with Crippen molar-refractivity contribution in [3.8, 4) is 17.6 Å². The molecular formula is C34H40F4N3O3PS. The average molecular weight is 678 g/mol. The number of benzene rings is 2. The van der Waals surface area contributed by atoms with Gasteiger partial charge in [0.05, 0.1) is 59.3 Å². The van der Waals surface area contributed by atoms with E-state index in [1.165, 1.54) is 18.4 Å². The summed E-state index contributed by atoms with van der Waals surface area (Å²) in [6.07, 6.45) is -1.33. The number of piperidine rings is 1. The lowest BCUT2D eigenvalue weighted by Gasteiger charge is -2.42. The summed E-state index contributed by atoms with van der Waals surface area (Å²) in [7, 11) is -0.960. The van der Waals surface area contributed by atoms with E-state index in [1.54, 1.807) is 43.7 Å². The van der Waals surface area contributed by atoms with Crippen LogP contribution in [0.1, 0.15) is 42.5 Å². The number of likely N-dealkylation sites (tertiary alicyclic amines) is 1. The second-order valence-corrected chi connectivity index (χ2v) is 17.1. The quantitative estimate of drug-likeness (QED) is 0.149. The predicted octanol–water partition coefficient (Wildman–Crippen LogP) is 7.26. The van der Waals surface area contributed by atoms with Crippen LogP contribution in [0.25, 0.3) is 10.1 Å². The van der Waals surface area contributed by atoms with Gasteiger partial charge in [0.2, 0.25) is 0 Å². The Morgan fingerprint density at radius 2 is 1.87 bits per heavy atom. The Morgan fingerprint density at radius 1 is 1.11 bits per heavy atom. The van der Waals surface area contributed by atoms with E-state index in [0.717, 1.165) is 32.2 Å². The molecule has 3 saturated heterocycles. The number of nitrogens with one attached hydrogen (secondary N) is 2. The zero-order valence-corrected chi connectivity index (χ0v) is 28.0. The molecule has 4 atom stereocenters. The van der Waals surface area contributed by atoms with Crippen LogP contribution in [-0.2, 0) is 15.7 Å². The molecule has 2 bridgehead atoms. The van der Waals surface area contributed by atoms with E-state index in [1.807, 2.05) is 6.07 Å². The molecule has 0 aliphatic carbocycles. The summed E-state index contributed by atoms with van der Waals surface area (Å²) in [5.74, 6) is 6.44. The molecular weight excluding hydrogens is 637 g/mol. The SMILES string of the molecule is COc1cc(P(C)(C)=O)ccc1NCC#Cc1sc2c(N[C@H]3CCN(C4CC5CCC(C4)O5)C[C@H]3F)cccc2c1CC(F)(F)F. The van der Waals surface area contributed by atoms with Gasteiger partial charge in [-0.2, -0.15) is 13.2 Å². The molecule has 3 fully saturated rings. The Bertz CT molecular complexity index is 1670. The van der Waals surface area contributed by atoms with Crippen LogP contribution in [0.2, 0.25) is 0 Å².